The van der Waals surface area contributed by atoms with Crippen molar-refractivity contribution < 1.29 is 24.5 Å². The molecular weight excluding hydrogens is 238 g/mol. The third kappa shape index (κ3) is 2.55. The van der Waals surface area contributed by atoms with Crippen LogP contribution in [0.25, 0.3) is 0 Å². The minimum atomic E-state index is -1.78. The van der Waals surface area contributed by atoms with Crippen molar-refractivity contribution in [3.63, 3.8) is 0 Å². The Morgan fingerprint density at radius 2 is 2.28 bits per heavy atom. The Balaban J connectivity index is 1.96. The van der Waals surface area contributed by atoms with Gasteiger partial charge in [0.15, 0.2) is 17.1 Å². The predicted molar refractivity (Wildman–Crippen MR) is 62.5 cm³/mol. The zero-order chi connectivity index (χ0) is 13.2. The van der Waals surface area contributed by atoms with Crippen LogP contribution in [0.4, 0.5) is 0 Å². The molecule has 18 heavy (non-hydrogen) atoms. The molecule has 1 aromatic carbocycles. The molecule has 1 aliphatic rings. The smallest absolute Gasteiger partial charge is 0.336 e. The number of rotatable bonds is 5. The zero-order valence-corrected chi connectivity index (χ0v) is 9.97. The highest BCUT2D eigenvalue weighted by atomic mass is 16.7. The van der Waals surface area contributed by atoms with E-state index in [1.54, 1.807) is 6.07 Å². The Morgan fingerprint density at radius 3 is 3.00 bits per heavy atom. The maximum absolute atomic E-state index is 10.7. The van der Waals surface area contributed by atoms with Crippen LogP contribution in [-0.2, 0) is 11.3 Å². The van der Waals surface area contributed by atoms with Crippen LogP contribution >= 0.6 is 0 Å². The minimum Gasteiger partial charge on any atom is -0.479 e. The second kappa shape index (κ2) is 4.83. The molecule has 1 aromatic rings. The first-order valence-corrected chi connectivity index (χ1v) is 5.55. The monoisotopic (exact) mass is 253 g/mol. The molecule has 1 heterocycles. The fourth-order valence-electron chi connectivity index (χ4n) is 1.65. The van der Waals surface area contributed by atoms with E-state index in [4.69, 9.17) is 14.6 Å². The summed E-state index contributed by atoms with van der Waals surface area (Å²) in [6.07, 6.45) is 0. The van der Waals surface area contributed by atoms with Crippen LogP contribution in [0.3, 0.4) is 0 Å². The third-order valence-electron chi connectivity index (χ3n) is 2.72. The lowest BCUT2D eigenvalue weighted by molar-refractivity contribution is -0.156. The first kappa shape index (κ1) is 12.7. The quantitative estimate of drug-likeness (QED) is 0.701. The molecule has 0 bridgehead atoms. The van der Waals surface area contributed by atoms with Gasteiger partial charge in [0.2, 0.25) is 6.79 Å². The summed E-state index contributed by atoms with van der Waals surface area (Å²) in [4.78, 5) is 10.7. The van der Waals surface area contributed by atoms with Gasteiger partial charge in [0.25, 0.3) is 0 Å². The van der Waals surface area contributed by atoms with E-state index in [2.05, 4.69) is 5.32 Å². The fraction of sp³-hybridized carbons (Fsp3) is 0.417. The average molecular weight is 253 g/mol. The number of aliphatic carboxylic acids is 1. The molecule has 1 aliphatic heterocycles. The number of aliphatic hydroxyl groups is 1. The van der Waals surface area contributed by atoms with Gasteiger partial charge in [-0.05, 0) is 13.0 Å². The molecule has 3 N–H and O–H groups in total. The highest BCUT2D eigenvalue weighted by Gasteiger charge is 2.29. The van der Waals surface area contributed by atoms with Gasteiger partial charge in [0.05, 0.1) is 0 Å². The highest BCUT2D eigenvalue weighted by Crippen LogP contribution is 2.35. The third-order valence-corrected chi connectivity index (χ3v) is 2.72. The largest absolute Gasteiger partial charge is 0.479 e. The lowest BCUT2D eigenvalue weighted by atomic mass is 10.1. The SMILES string of the molecule is CC(O)(CNCc1cccc2c1OCO2)C(=O)O. The second-order valence-electron chi connectivity index (χ2n) is 4.33. The molecule has 2 rings (SSSR count). The maximum atomic E-state index is 10.7. The summed E-state index contributed by atoms with van der Waals surface area (Å²) in [5.41, 5.74) is -0.916. The number of hydrogen-bond acceptors (Lipinski definition) is 5. The van der Waals surface area contributed by atoms with E-state index in [-0.39, 0.29) is 13.3 Å². The lowest BCUT2D eigenvalue weighted by Crippen LogP contribution is -2.44. The van der Waals surface area contributed by atoms with Crippen LogP contribution in [-0.4, -0.2) is 35.1 Å². The molecule has 1 unspecified atom stereocenters. The van der Waals surface area contributed by atoms with Crippen molar-refractivity contribution in [3.8, 4) is 11.5 Å². The minimum absolute atomic E-state index is 0.0488. The van der Waals surface area contributed by atoms with Gasteiger partial charge >= 0.3 is 5.97 Å². The summed E-state index contributed by atoms with van der Waals surface area (Å²) in [6.45, 7) is 1.79. The number of para-hydroxylation sites is 1. The number of fused-ring (bicyclic) bond motifs is 1. The number of benzene rings is 1. The first-order valence-electron chi connectivity index (χ1n) is 5.55. The molecule has 0 amide bonds. The number of ether oxygens (including phenoxy) is 2. The van der Waals surface area contributed by atoms with Gasteiger partial charge < -0.3 is 25.0 Å². The van der Waals surface area contributed by atoms with E-state index in [0.29, 0.717) is 18.0 Å². The Hall–Kier alpha value is -1.79. The molecule has 0 aromatic heterocycles. The summed E-state index contributed by atoms with van der Waals surface area (Å²) in [5.74, 6) is 0.0899. The Labute approximate surface area is 104 Å². The van der Waals surface area contributed by atoms with Crippen LogP contribution in [0.2, 0.25) is 0 Å². The molecule has 0 saturated heterocycles. The summed E-state index contributed by atoms with van der Waals surface area (Å²) < 4.78 is 10.5. The molecular formula is C12H15NO5. The highest BCUT2D eigenvalue weighted by molar-refractivity contribution is 5.76. The lowest BCUT2D eigenvalue weighted by Gasteiger charge is -2.18. The van der Waals surface area contributed by atoms with Gasteiger partial charge in [-0.15, -0.1) is 0 Å². The predicted octanol–water partition coefficient (Wildman–Crippen LogP) is 0.340. The van der Waals surface area contributed by atoms with Crippen molar-refractivity contribution >= 4 is 5.97 Å². The van der Waals surface area contributed by atoms with E-state index in [9.17, 15) is 9.90 Å². The molecule has 6 heteroatoms. The van der Waals surface area contributed by atoms with E-state index in [1.165, 1.54) is 6.92 Å². The van der Waals surface area contributed by atoms with Gasteiger partial charge in [0, 0.05) is 18.7 Å². The van der Waals surface area contributed by atoms with Crippen LogP contribution < -0.4 is 14.8 Å². The van der Waals surface area contributed by atoms with Crippen LogP contribution in [0.5, 0.6) is 11.5 Å². The van der Waals surface area contributed by atoms with Gasteiger partial charge in [-0.25, -0.2) is 4.79 Å². The first-order chi connectivity index (χ1) is 8.50. The molecule has 0 aliphatic carbocycles. The van der Waals surface area contributed by atoms with Crippen LogP contribution in [0, 0.1) is 0 Å². The van der Waals surface area contributed by atoms with Crippen LogP contribution in [0.15, 0.2) is 18.2 Å². The van der Waals surface area contributed by atoms with Crippen molar-refractivity contribution in [2.24, 2.45) is 0 Å². The van der Waals surface area contributed by atoms with E-state index in [0.717, 1.165) is 5.56 Å². The van der Waals surface area contributed by atoms with E-state index >= 15 is 0 Å². The average Bonchev–Trinajstić information content (AvgIpc) is 2.77. The Kier molecular flexibility index (Phi) is 3.40. The van der Waals surface area contributed by atoms with Gasteiger partial charge in [0.1, 0.15) is 0 Å². The summed E-state index contributed by atoms with van der Waals surface area (Å²) in [5, 5.41) is 21.2. The molecule has 0 fully saturated rings. The normalized spacial score (nSPS) is 16.3. The zero-order valence-electron chi connectivity index (χ0n) is 9.97. The van der Waals surface area contributed by atoms with Gasteiger partial charge in [-0.1, -0.05) is 12.1 Å². The molecule has 1 atom stereocenters. The maximum Gasteiger partial charge on any atom is 0.336 e. The summed E-state index contributed by atoms with van der Waals surface area (Å²) in [6, 6.07) is 5.50. The van der Waals surface area contributed by atoms with E-state index in [1.807, 2.05) is 12.1 Å². The fourth-order valence-corrected chi connectivity index (χ4v) is 1.65. The number of nitrogens with one attached hydrogen (secondary N) is 1. The van der Waals surface area contributed by atoms with Crippen LogP contribution in [0.1, 0.15) is 12.5 Å². The number of carbonyl (C=O) groups is 1. The second-order valence-corrected chi connectivity index (χ2v) is 4.33. The van der Waals surface area contributed by atoms with Crippen molar-refractivity contribution in [1.82, 2.24) is 5.32 Å². The van der Waals surface area contributed by atoms with Crippen molar-refractivity contribution in [2.75, 3.05) is 13.3 Å². The van der Waals surface area contributed by atoms with Crippen molar-refractivity contribution in [3.05, 3.63) is 23.8 Å². The van der Waals surface area contributed by atoms with Gasteiger partial charge in [-0.3, -0.25) is 0 Å². The molecule has 0 saturated carbocycles. The number of hydrogen-bond donors (Lipinski definition) is 3. The number of carboxylic acids is 1. The molecule has 0 spiro atoms. The Morgan fingerprint density at radius 1 is 1.50 bits per heavy atom. The number of carboxylic acid groups (broad SMARTS) is 1. The molecule has 6 nitrogen and oxygen atoms in total. The topological polar surface area (TPSA) is 88.0 Å². The Bertz CT molecular complexity index is 458. The van der Waals surface area contributed by atoms with E-state index < -0.39 is 11.6 Å². The van der Waals surface area contributed by atoms with Gasteiger partial charge in [-0.2, -0.15) is 0 Å². The van der Waals surface area contributed by atoms with Crippen molar-refractivity contribution in [2.45, 2.75) is 19.1 Å². The molecule has 0 radical (unpaired) electrons. The molecule has 98 valence electrons. The summed E-state index contributed by atoms with van der Waals surface area (Å²) >= 11 is 0. The standard InChI is InChI=1S/C12H15NO5/c1-12(16,11(14)15)6-13-5-8-3-2-4-9-10(8)18-7-17-9/h2-4,13,16H,5-7H2,1H3,(H,14,15). The summed E-state index contributed by atoms with van der Waals surface area (Å²) in [7, 11) is 0. The van der Waals surface area contributed by atoms with Crippen molar-refractivity contribution in [1.29, 1.82) is 0 Å².